The number of fused-ring (bicyclic) bond motifs is 1. The number of carbonyl (C=O) groups excluding carboxylic acids is 1. The Morgan fingerprint density at radius 3 is 2.23 bits per heavy atom. The van der Waals surface area contributed by atoms with Crippen LogP contribution in [0, 0.1) is 0 Å². The van der Waals surface area contributed by atoms with Crippen LogP contribution in [0.3, 0.4) is 0 Å². The molecular weight excluding hydrogens is 350 g/mol. The monoisotopic (exact) mass is 379 g/mol. The fourth-order valence-corrected chi connectivity index (χ4v) is 4.24. The molecule has 0 bridgehead atoms. The van der Waals surface area contributed by atoms with Gasteiger partial charge in [0.2, 0.25) is 5.91 Å². The quantitative estimate of drug-likeness (QED) is 0.725. The summed E-state index contributed by atoms with van der Waals surface area (Å²) in [6, 6.07) is 8.37. The highest BCUT2D eigenvalue weighted by Crippen LogP contribution is 2.19. The first-order valence-corrected chi connectivity index (χ1v) is 11.4. The number of rotatable bonds is 6. The molecule has 3 rings (SSSR count). The second-order valence-corrected chi connectivity index (χ2v) is 9.66. The largest absolute Gasteiger partial charge is 0.338 e. The van der Waals surface area contributed by atoms with Gasteiger partial charge in [0.1, 0.15) is 9.84 Å². The molecule has 0 saturated carbocycles. The van der Waals surface area contributed by atoms with Crippen LogP contribution in [0.4, 0.5) is 0 Å². The van der Waals surface area contributed by atoms with Crippen LogP contribution >= 0.6 is 0 Å². The predicted molar refractivity (Wildman–Crippen MR) is 103 cm³/mol. The van der Waals surface area contributed by atoms with Crippen LogP contribution in [0.15, 0.2) is 24.3 Å². The maximum Gasteiger partial charge on any atom is 0.224 e. The van der Waals surface area contributed by atoms with Crippen LogP contribution in [-0.2, 0) is 27.6 Å². The van der Waals surface area contributed by atoms with Gasteiger partial charge >= 0.3 is 0 Å². The molecular formula is C19H29N3O3S. The summed E-state index contributed by atoms with van der Waals surface area (Å²) in [5.74, 6) is 0.459. The zero-order valence-corrected chi connectivity index (χ0v) is 16.4. The van der Waals surface area contributed by atoms with Crippen molar-refractivity contribution in [3.05, 3.63) is 35.4 Å². The van der Waals surface area contributed by atoms with E-state index in [-0.39, 0.29) is 11.7 Å². The first kappa shape index (κ1) is 19.3. The normalized spacial score (nSPS) is 19.3. The molecule has 7 heteroatoms. The zero-order chi connectivity index (χ0) is 18.6. The van der Waals surface area contributed by atoms with Gasteiger partial charge in [0.15, 0.2) is 0 Å². The third-order valence-electron chi connectivity index (χ3n) is 5.37. The Bertz CT molecular complexity index is 727. The SMILES string of the molecule is CS(=O)(=O)CCN1CCN(CCC(=O)N2CCc3ccccc3C2)CC1. The molecule has 6 nitrogen and oxygen atoms in total. The lowest BCUT2D eigenvalue weighted by Gasteiger charge is -2.35. The summed E-state index contributed by atoms with van der Waals surface area (Å²) < 4.78 is 22.5. The van der Waals surface area contributed by atoms with Gasteiger partial charge in [0.05, 0.1) is 5.75 Å². The number of hydrogen-bond donors (Lipinski definition) is 0. The number of nitrogens with zero attached hydrogens (tertiary/aromatic N) is 3. The lowest BCUT2D eigenvalue weighted by Crippen LogP contribution is -2.48. The van der Waals surface area contributed by atoms with Crippen molar-refractivity contribution in [2.24, 2.45) is 0 Å². The van der Waals surface area contributed by atoms with Gasteiger partial charge in [-0.15, -0.1) is 0 Å². The molecule has 0 N–H and O–H groups in total. The van der Waals surface area contributed by atoms with Crippen molar-refractivity contribution in [1.29, 1.82) is 0 Å². The Labute approximate surface area is 156 Å². The van der Waals surface area contributed by atoms with E-state index in [4.69, 9.17) is 0 Å². The molecule has 2 aliphatic rings. The van der Waals surface area contributed by atoms with Gasteiger partial charge in [0, 0.05) is 65.0 Å². The number of piperazine rings is 1. The van der Waals surface area contributed by atoms with Gasteiger partial charge < -0.3 is 9.80 Å². The first-order valence-electron chi connectivity index (χ1n) is 9.38. The molecule has 1 amide bonds. The van der Waals surface area contributed by atoms with E-state index in [9.17, 15) is 13.2 Å². The van der Waals surface area contributed by atoms with E-state index in [1.165, 1.54) is 17.4 Å². The van der Waals surface area contributed by atoms with Gasteiger partial charge in [-0.2, -0.15) is 0 Å². The highest BCUT2D eigenvalue weighted by molar-refractivity contribution is 7.90. The summed E-state index contributed by atoms with van der Waals surface area (Å²) in [7, 11) is -2.90. The molecule has 1 aromatic carbocycles. The molecule has 2 aliphatic heterocycles. The Morgan fingerprint density at radius 2 is 1.58 bits per heavy atom. The van der Waals surface area contributed by atoms with E-state index in [0.29, 0.717) is 13.0 Å². The standard InChI is InChI=1S/C19H29N3O3S/c1-26(24,25)15-14-21-12-10-20(11-13-21)8-7-19(23)22-9-6-17-4-2-3-5-18(17)16-22/h2-5H,6-16H2,1H3. The van der Waals surface area contributed by atoms with E-state index < -0.39 is 9.84 Å². The third kappa shape index (κ3) is 5.53. The lowest BCUT2D eigenvalue weighted by molar-refractivity contribution is -0.132. The molecule has 0 aliphatic carbocycles. The third-order valence-corrected chi connectivity index (χ3v) is 6.29. The fraction of sp³-hybridized carbons (Fsp3) is 0.632. The van der Waals surface area contributed by atoms with Gasteiger partial charge in [-0.3, -0.25) is 9.69 Å². The highest BCUT2D eigenvalue weighted by atomic mass is 32.2. The van der Waals surface area contributed by atoms with Gasteiger partial charge in [-0.25, -0.2) is 8.42 Å². The Kier molecular flexibility index (Phi) is 6.32. The first-order chi connectivity index (χ1) is 12.4. The lowest BCUT2D eigenvalue weighted by atomic mass is 10.00. The predicted octanol–water partition coefficient (Wildman–Crippen LogP) is 0.624. The Hall–Kier alpha value is -1.44. The molecule has 0 atom stereocenters. The molecule has 1 aromatic rings. The maximum atomic E-state index is 12.5. The number of sulfone groups is 1. The minimum atomic E-state index is -2.90. The number of hydrogen-bond acceptors (Lipinski definition) is 5. The molecule has 0 unspecified atom stereocenters. The Balaban J connectivity index is 1.38. The molecule has 0 aromatic heterocycles. The number of benzene rings is 1. The van der Waals surface area contributed by atoms with Crippen molar-refractivity contribution in [1.82, 2.24) is 14.7 Å². The van der Waals surface area contributed by atoms with E-state index in [2.05, 4.69) is 28.0 Å². The second kappa shape index (κ2) is 8.50. The molecule has 1 saturated heterocycles. The zero-order valence-electron chi connectivity index (χ0n) is 15.6. The second-order valence-electron chi connectivity index (χ2n) is 7.40. The van der Waals surface area contributed by atoms with Gasteiger partial charge in [-0.05, 0) is 17.5 Å². The van der Waals surface area contributed by atoms with Crippen molar-refractivity contribution in [2.45, 2.75) is 19.4 Å². The minimum Gasteiger partial charge on any atom is -0.338 e. The van der Waals surface area contributed by atoms with Crippen LogP contribution in [-0.4, -0.2) is 86.8 Å². The maximum absolute atomic E-state index is 12.5. The van der Waals surface area contributed by atoms with E-state index in [1.807, 2.05) is 11.0 Å². The average molecular weight is 380 g/mol. The van der Waals surface area contributed by atoms with Crippen LogP contribution in [0.2, 0.25) is 0 Å². The van der Waals surface area contributed by atoms with Gasteiger partial charge in [0.25, 0.3) is 0 Å². The van der Waals surface area contributed by atoms with E-state index in [1.54, 1.807) is 0 Å². The Morgan fingerprint density at radius 1 is 0.962 bits per heavy atom. The van der Waals surface area contributed by atoms with Crippen LogP contribution in [0.5, 0.6) is 0 Å². The van der Waals surface area contributed by atoms with E-state index in [0.717, 1.165) is 52.2 Å². The van der Waals surface area contributed by atoms with Crippen LogP contribution in [0.1, 0.15) is 17.5 Å². The topological polar surface area (TPSA) is 60.9 Å². The van der Waals surface area contributed by atoms with E-state index >= 15 is 0 Å². The summed E-state index contributed by atoms with van der Waals surface area (Å²) >= 11 is 0. The van der Waals surface area contributed by atoms with Crippen molar-refractivity contribution in [3.63, 3.8) is 0 Å². The summed E-state index contributed by atoms with van der Waals surface area (Å²) in [6.45, 7) is 6.50. The summed E-state index contributed by atoms with van der Waals surface area (Å²) in [4.78, 5) is 19.0. The molecule has 0 spiro atoms. The number of carbonyl (C=O) groups is 1. The minimum absolute atomic E-state index is 0.224. The average Bonchev–Trinajstić information content (AvgIpc) is 2.64. The van der Waals surface area contributed by atoms with Crippen molar-refractivity contribution < 1.29 is 13.2 Å². The summed E-state index contributed by atoms with van der Waals surface area (Å²) in [5.41, 5.74) is 2.63. The van der Waals surface area contributed by atoms with Crippen LogP contribution in [0.25, 0.3) is 0 Å². The van der Waals surface area contributed by atoms with Gasteiger partial charge in [-0.1, -0.05) is 24.3 Å². The molecule has 2 heterocycles. The molecule has 26 heavy (non-hydrogen) atoms. The smallest absolute Gasteiger partial charge is 0.224 e. The van der Waals surface area contributed by atoms with Crippen molar-refractivity contribution in [2.75, 3.05) is 57.8 Å². The molecule has 0 radical (unpaired) electrons. The molecule has 144 valence electrons. The summed E-state index contributed by atoms with van der Waals surface area (Å²) in [5, 5.41) is 0. The summed E-state index contributed by atoms with van der Waals surface area (Å²) in [6.07, 6.45) is 2.79. The highest BCUT2D eigenvalue weighted by Gasteiger charge is 2.22. The fourth-order valence-electron chi connectivity index (χ4n) is 3.65. The molecule has 1 fully saturated rings. The number of amides is 1. The van der Waals surface area contributed by atoms with Crippen molar-refractivity contribution >= 4 is 15.7 Å². The van der Waals surface area contributed by atoms with Crippen LogP contribution < -0.4 is 0 Å². The van der Waals surface area contributed by atoms with Crippen molar-refractivity contribution in [3.8, 4) is 0 Å².